The van der Waals surface area contributed by atoms with Crippen LogP contribution in [0, 0.1) is 0 Å². The predicted molar refractivity (Wildman–Crippen MR) is 101 cm³/mol. The highest BCUT2D eigenvalue weighted by molar-refractivity contribution is 8.03. The summed E-state index contributed by atoms with van der Waals surface area (Å²) >= 11 is 1.70. The summed E-state index contributed by atoms with van der Waals surface area (Å²) in [6.07, 6.45) is 9.18. The van der Waals surface area contributed by atoms with E-state index < -0.39 is 0 Å². The third kappa shape index (κ3) is 2.76. The molecule has 124 valence electrons. The van der Waals surface area contributed by atoms with Crippen molar-refractivity contribution in [1.82, 2.24) is 4.98 Å². The molecule has 4 rings (SSSR count). The molecule has 0 fully saturated rings. The second-order valence-corrected chi connectivity index (χ2v) is 6.78. The van der Waals surface area contributed by atoms with E-state index in [2.05, 4.69) is 22.0 Å². The van der Waals surface area contributed by atoms with Gasteiger partial charge in [-0.3, -0.25) is 9.78 Å². The predicted octanol–water partition coefficient (Wildman–Crippen LogP) is 4.31. The highest BCUT2D eigenvalue weighted by atomic mass is 32.2. The number of carbonyl (C=O) groups is 1. The van der Waals surface area contributed by atoms with Crippen molar-refractivity contribution in [3.63, 3.8) is 0 Å². The van der Waals surface area contributed by atoms with E-state index in [1.807, 2.05) is 43.5 Å². The average Bonchev–Trinajstić information content (AvgIpc) is 2.96. The lowest BCUT2D eigenvalue weighted by molar-refractivity contribution is 0.104. The van der Waals surface area contributed by atoms with Gasteiger partial charge < -0.3 is 9.64 Å². The van der Waals surface area contributed by atoms with E-state index in [1.165, 1.54) is 4.90 Å². The van der Waals surface area contributed by atoms with Gasteiger partial charge in [0.2, 0.25) is 5.78 Å². The van der Waals surface area contributed by atoms with Crippen LogP contribution >= 0.6 is 11.8 Å². The fraction of sp³-hybridized carbons (Fsp3) is 0.100. The summed E-state index contributed by atoms with van der Waals surface area (Å²) < 4.78 is 5.30. The summed E-state index contributed by atoms with van der Waals surface area (Å²) in [6.45, 7) is 0. The van der Waals surface area contributed by atoms with Gasteiger partial charge >= 0.3 is 0 Å². The highest BCUT2D eigenvalue weighted by Crippen LogP contribution is 2.46. The normalized spacial score (nSPS) is 18.6. The number of carbonyl (C=O) groups excluding carboxylic acids is 1. The Labute approximate surface area is 150 Å². The van der Waals surface area contributed by atoms with Crippen LogP contribution in [0.1, 0.15) is 16.1 Å². The topological polar surface area (TPSA) is 42.4 Å². The van der Waals surface area contributed by atoms with Gasteiger partial charge in [0.05, 0.1) is 17.8 Å². The van der Waals surface area contributed by atoms with Crippen LogP contribution < -0.4 is 9.64 Å². The van der Waals surface area contributed by atoms with Crippen LogP contribution in [0.2, 0.25) is 0 Å². The second-order valence-electron chi connectivity index (χ2n) is 5.72. The minimum atomic E-state index is -0.0488. The number of benzene rings is 1. The zero-order valence-electron chi connectivity index (χ0n) is 13.9. The molecule has 2 heterocycles. The monoisotopic (exact) mass is 348 g/mol. The molecule has 4 nitrogen and oxygen atoms in total. The van der Waals surface area contributed by atoms with Gasteiger partial charge in [0.15, 0.2) is 0 Å². The Morgan fingerprint density at radius 3 is 2.92 bits per heavy atom. The Morgan fingerprint density at radius 1 is 1.20 bits per heavy atom. The zero-order chi connectivity index (χ0) is 17.4. The molecule has 25 heavy (non-hydrogen) atoms. The standard InChI is InChI=1S/C20H16N2O2S/c1-22-16-8-7-14(24-2)12-18(16)25-19(22)10-6-13-5-9-17(23)20-15(13)4-3-11-21-20/h3-12H,1-2H3. The summed E-state index contributed by atoms with van der Waals surface area (Å²) in [5, 5.41) is 1.12. The molecular formula is C20H16N2O2S. The van der Waals surface area contributed by atoms with Gasteiger partial charge in [-0.05, 0) is 42.0 Å². The Kier molecular flexibility index (Phi) is 3.93. The smallest absolute Gasteiger partial charge is 0.204 e. The molecule has 1 aliphatic carbocycles. The quantitative estimate of drug-likeness (QED) is 0.809. The Morgan fingerprint density at radius 2 is 2.08 bits per heavy atom. The summed E-state index contributed by atoms with van der Waals surface area (Å²) in [7, 11) is 3.72. The van der Waals surface area contributed by atoms with E-state index in [1.54, 1.807) is 31.1 Å². The highest BCUT2D eigenvalue weighted by Gasteiger charge is 2.22. The van der Waals surface area contributed by atoms with Crippen molar-refractivity contribution in [3.8, 4) is 5.75 Å². The van der Waals surface area contributed by atoms with Gasteiger partial charge in [-0.1, -0.05) is 30.0 Å². The molecule has 0 amide bonds. The van der Waals surface area contributed by atoms with Crippen molar-refractivity contribution in [2.24, 2.45) is 0 Å². The van der Waals surface area contributed by atoms with Gasteiger partial charge in [0.1, 0.15) is 11.4 Å². The van der Waals surface area contributed by atoms with Crippen molar-refractivity contribution in [2.45, 2.75) is 4.90 Å². The Hall–Kier alpha value is -2.79. The van der Waals surface area contributed by atoms with E-state index in [-0.39, 0.29) is 5.78 Å². The maximum atomic E-state index is 11.9. The van der Waals surface area contributed by atoms with Crippen LogP contribution in [0.3, 0.4) is 0 Å². The first-order chi connectivity index (χ1) is 12.2. The fourth-order valence-electron chi connectivity index (χ4n) is 2.90. The van der Waals surface area contributed by atoms with Crippen molar-refractivity contribution < 1.29 is 9.53 Å². The first-order valence-electron chi connectivity index (χ1n) is 7.87. The lowest BCUT2D eigenvalue weighted by Gasteiger charge is -2.14. The number of allylic oxidation sites excluding steroid dienone is 5. The van der Waals surface area contributed by atoms with Crippen molar-refractivity contribution in [1.29, 1.82) is 0 Å². The number of ether oxygens (including phenoxy) is 1. The van der Waals surface area contributed by atoms with Crippen LogP contribution in [0.5, 0.6) is 5.75 Å². The van der Waals surface area contributed by atoms with E-state index >= 15 is 0 Å². The third-order valence-corrected chi connectivity index (χ3v) is 5.41. The molecule has 0 atom stereocenters. The number of fused-ring (bicyclic) bond motifs is 2. The van der Waals surface area contributed by atoms with E-state index in [0.29, 0.717) is 5.69 Å². The summed E-state index contributed by atoms with van der Waals surface area (Å²) in [6, 6.07) is 9.86. The SMILES string of the molecule is COc1ccc2c(c1)SC(=CC=C1C=CC(=O)c3ncccc31)N2C. The molecule has 0 saturated carbocycles. The van der Waals surface area contributed by atoms with Crippen molar-refractivity contribution in [2.75, 3.05) is 19.1 Å². The number of hydrogen-bond acceptors (Lipinski definition) is 5. The van der Waals surface area contributed by atoms with Crippen LogP contribution in [0.25, 0.3) is 5.57 Å². The summed E-state index contributed by atoms with van der Waals surface area (Å²) in [4.78, 5) is 19.5. The minimum Gasteiger partial charge on any atom is -0.497 e. The number of nitrogens with zero attached hydrogens (tertiary/aromatic N) is 2. The maximum Gasteiger partial charge on any atom is 0.204 e. The number of aromatic nitrogens is 1. The van der Waals surface area contributed by atoms with Gasteiger partial charge in [0, 0.05) is 23.7 Å². The first-order valence-corrected chi connectivity index (χ1v) is 8.68. The minimum absolute atomic E-state index is 0.0488. The van der Waals surface area contributed by atoms with Crippen molar-refractivity contribution in [3.05, 3.63) is 77.1 Å². The molecule has 1 aromatic heterocycles. The molecule has 0 spiro atoms. The van der Waals surface area contributed by atoms with Crippen LogP contribution in [-0.2, 0) is 0 Å². The lowest BCUT2D eigenvalue weighted by Crippen LogP contribution is -2.09. The third-order valence-electron chi connectivity index (χ3n) is 4.25. The molecule has 2 aliphatic rings. The van der Waals surface area contributed by atoms with Crippen LogP contribution in [0.4, 0.5) is 5.69 Å². The van der Waals surface area contributed by atoms with Gasteiger partial charge in [0.25, 0.3) is 0 Å². The molecule has 2 aromatic rings. The van der Waals surface area contributed by atoms with Gasteiger partial charge in [-0.2, -0.15) is 0 Å². The van der Waals surface area contributed by atoms with Gasteiger partial charge in [-0.25, -0.2) is 0 Å². The number of ketones is 1. The van der Waals surface area contributed by atoms with E-state index in [0.717, 1.165) is 27.6 Å². The number of hydrogen-bond donors (Lipinski definition) is 0. The fourth-order valence-corrected chi connectivity index (χ4v) is 3.98. The number of methoxy groups -OCH3 is 1. The molecule has 1 aromatic carbocycles. The maximum absolute atomic E-state index is 11.9. The number of anilines is 1. The summed E-state index contributed by atoms with van der Waals surface area (Å²) in [5.41, 5.74) is 3.52. The van der Waals surface area contributed by atoms with Crippen LogP contribution in [0.15, 0.2) is 70.8 Å². The molecule has 0 saturated heterocycles. The first kappa shape index (κ1) is 15.7. The number of thioether (sulfide) groups is 1. The van der Waals surface area contributed by atoms with E-state index in [4.69, 9.17) is 4.74 Å². The molecule has 5 heteroatoms. The lowest BCUT2D eigenvalue weighted by atomic mass is 9.96. The second kappa shape index (κ2) is 6.26. The molecule has 1 aliphatic heterocycles. The molecule has 0 unspecified atom stereocenters. The zero-order valence-corrected chi connectivity index (χ0v) is 14.7. The molecule has 0 N–H and O–H groups in total. The molecule has 0 bridgehead atoms. The number of rotatable bonds is 2. The summed E-state index contributed by atoms with van der Waals surface area (Å²) in [5.74, 6) is 0.806. The van der Waals surface area contributed by atoms with Crippen LogP contribution in [-0.4, -0.2) is 24.9 Å². The Bertz CT molecular complexity index is 960. The average molecular weight is 348 g/mol. The Balaban J connectivity index is 1.68. The number of pyridine rings is 1. The largest absolute Gasteiger partial charge is 0.497 e. The molecular weight excluding hydrogens is 332 g/mol. The van der Waals surface area contributed by atoms with Crippen molar-refractivity contribution >= 4 is 28.8 Å². The molecule has 0 radical (unpaired) electrons. The van der Waals surface area contributed by atoms with E-state index in [9.17, 15) is 4.79 Å². The van der Waals surface area contributed by atoms with Gasteiger partial charge in [-0.15, -0.1) is 0 Å².